The summed E-state index contributed by atoms with van der Waals surface area (Å²) in [6.07, 6.45) is 12.6. The molecule has 3 rings (SSSR count). The molecular weight excluding hydrogens is 524 g/mol. The Hall–Kier alpha value is -3.95. The predicted molar refractivity (Wildman–Crippen MR) is 147 cm³/mol. The second-order valence-corrected chi connectivity index (χ2v) is 9.70. The molecule has 1 aromatic heterocycles. The van der Waals surface area contributed by atoms with Crippen molar-refractivity contribution < 1.29 is 27.2 Å². The summed E-state index contributed by atoms with van der Waals surface area (Å²) in [6.45, 7) is 6.27. The van der Waals surface area contributed by atoms with Gasteiger partial charge in [0.25, 0.3) is 0 Å². The maximum absolute atomic E-state index is 14.2. The largest absolute Gasteiger partial charge is 0.372 e. The van der Waals surface area contributed by atoms with Crippen molar-refractivity contribution in [3.63, 3.8) is 0 Å². The molecule has 0 aliphatic heterocycles. The van der Waals surface area contributed by atoms with Crippen molar-refractivity contribution in [2.24, 2.45) is 0 Å². The smallest absolute Gasteiger partial charge is 0.248 e. The number of alkyl halides is 2. The summed E-state index contributed by atoms with van der Waals surface area (Å²) in [7, 11) is 0. The van der Waals surface area contributed by atoms with E-state index in [9.17, 15) is 27.2 Å². The Labute approximate surface area is 231 Å². The lowest BCUT2D eigenvalue weighted by molar-refractivity contribution is -0.136. The number of pyridine rings is 1. The van der Waals surface area contributed by atoms with Crippen LogP contribution >= 0.6 is 0 Å². The second kappa shape index (κ2) is 13.9. The highest BCUT2D eigenvalue weighted by molar-refractivity contribution is 5.94. The zero-order chi connectivity index (χ0) is 29.3. The summed E-state index contributed by atoms with van der Waals surface area (Å²) in [6, 6.07) is 1.08. The molecule has 2 amide bonds. The number of halogens is 4. The van der Waals surface area contributed by atoms with E-state index in [1.807, 2.05) is 18.2 Å². The lowest BCUT2D eigenvalue weighted by Gasteiger charge is -2.36. The number of nitrogens with one attached hydrogen (secondary N) is 2. The molecule has 1 heterocycles. The van der Waals surface area contributed by atoms with E-state index in [2.05, 4.69) is 22.2 Å². The van der Waals surface area contributed by atoms with Gasteiger partial charge in [0.15, 0.2) is 0 Å². The zero-order valence-electron chi connectivity index (χ0n) is 22.6. The van der Waals surface area contributed by atoms with Crippen LogP contribution in [0.2, 0.25) is 0 Å². The molecule has 40 heavy (non-hydrogen) atoms. The molecule has 0 radical (unpaired) electrons. The monoisotopic (exact) mass is 558 g/mol. The van der Waals surface area contributed by atoms with Gasteiger partial charge < -0.3 is 10.6 Å². The third-order valence-corrected chi connectivity index (χ3v) is 6.64. The third kappa shape index (κ3) is 8.27. The summed E-state index contributed by atoms with van der Waals surface area (Å²) in [4.78, 5) is 32.5. The van der Waals surface area contributed by atoms with Crippen LogP contribution in [0.1, 0.15) is 46.0 Å². The van der Waals surface area contributed by atoms with Gasteiger partial charge in [-0.1, -0.05) is 37.0 Å². The molecule has 214 valence electrons. The highest BCUT2D eigenvalue weighted by Gasteiger charge is 2.39. The predicted octanol–water partition coefficient (Wildman–Crippen LogP) is 6.30. The van der Waals surface area contributed by atoms with Crippen LogP contribution in [0.25, 0.3) is 0 Å². The molecule has 0 spiro atoms. The van der Waals surface area contributed by atoms with Gasteiger partial charge >= 0.3 is 0 Å². The van der Waals surface area contributed by atoms with Gasteiger partial charge in [-0.15, -0.1) is 0 Å². The van der Waals surface area contributed by atoms with Gasteiger partial charge in [0, 0.05) is 30.8 Å². The topological polar surface area (TPSA) is 74.3 Å². The highest BCUT2D eigenvalue weighted by atomic mass is 19.3. The zero-order valence-corrected chi connectivity index (χ0v) is 22.6. The van der Waals surface area contributed by atoms with Crippen molar-refractivity contribution in [3.8, 4) is 0 Å². The van der Waals surface area contributed by atoms with Gasteiger partial charge in [0.05, 0.1) is 12.2 Å². The van der Waals surface area contributed by atoms with E-state index in [0.717, 1.165) is 11.0 Å². The lowest BCUT2D eigenvalue weighted by Crippen LogP contribution is -2.54. The minimum Gasteiger partial charge on any atom is -0.372 e. The summed E-state index contributed by atoms with van der Waals surface area (Å²) < 4.78 is 55.9. The van der Waals surface area contributed by atoms with E-state index in [1.165, 1.54) is 24.4 Å². The van der Waals surface area contributed by atoms with Crippen LogP contribution in [-0.2, 0) is 9.59 Å². The van der Waals surface area contributed by atoms with Crippen LogP contribution < -0.4 is 10.6 Å². The number of carbonyl (C=O) groups is 2. The van der Waals surface area contributed by atoms with Crippen LogP contribution in [0.4, 0.5) is 23.2 Å². The Balaban J connectivity index is 2.07. The number of hydrogen-bond acceptors (Lipinski definition) is 4. The number of rotatable bonds is 10. The molecule has 1 atom stereocenters. The number of carbonyl (C=O) groups excluding carboxylic acids is 2. The normalized spacial score (nSPS) is 18.4. The molecule has 0 saturated heterocycles. The maximum Gasteiger partial charge on any atom is 0.248 e. The molecule has 1 saturated carbocycles. The fraction of sp³-hybridized carbons (Fsp3) is 0.367. The van der Waals surface area contributed by atoms with Gasteiger partial charge in [0.1, 0.15) is 11.9 Å². The first-order valence-electron chi connectivity index (χ1n) is 13.1. The van der Waals surface area contributed by atoms with E-state index in [-0.39, 0.29) is 37.1 Å². The van der Waals surface area contributed by atoms with E-state index in [0.29, 0.717) is 17.6 Å². The Kier molecular flexibility index (Phi) is 10.6. The number of nitrogens with zero attached hydrogens (tertiary/aromatic N) is 2. The number of anilines is 1. The summed E-state index contributed by atoms with van der Waals surface area (Å²) in [5, 5.41) is 5.54. The summed E-state index contributed by atoms with van der Waals surface area (Å²) in [5.41, 5.74) is 1.16. The Bertz CT molecular complexity index is 1260. The molecule has 0 aromatic carbocycles. The number of amides is 2. The number of allylic oxidation sites excluding steroid dienone is 8. The molecule has 10 heteroatoms. The SMILES string of the molecule is C=C(F)C=C(C=CC)N(C(=O)CNc1cccnc1F)C(C(=O)NC1CCC(F)(F)CC1)C1=C(C)C=CCC=C1. The van der Waals surface area contributed by atoms with Crippen molar-refractivity contribution in [2.75, 3.05) is 11.9 Å². The summed E-state index contributed by atoms with van der Waals surface area (Å²) in [5.74, 6) is -5.74. The third-order valence-electron chi connectivity index (χ3n) is 6.64. The molecule has 1 fully saturated rings. The minimum absolute atomic E-state index is 0.0286. The van der Waals surface area contributed by atoms with E-state index in [4.69, 9.17) is 0 Å². The van der Waals surface area contributed by atoms with E-state index in [1.54, 1.807) is 26.0 Å². The Morgan fingerprint density at radius 1 is 1.25 bits per heavy atom. The quantitative estimate of drug-likeness (QED) is 0.201. The average molecular weight is 559 g/mol. The van der Waals surface area contributed by atoms with Crippen LogP contribution in [0.15, 0.2) is 90.1 Å². The number of aromatic nitrogens is 1. The number of hydrogen-bond donors (Lipinski definition) is 2. The van der Waals surface area contributed by atoms with E-state index < -0.39 is 48.1 Å². The van der Waals surface area contributed by atoms with Gasteiger partial charge in [-0.05, 0) is 68.5 Å². The van der Waals surface area contributed by atoms with Gasteiger partial charge in [-0.3, -0.25) is 14.5 Å². The van der Waals surface area contributed by atoms with Crippen molar-refractivity contribution in [1.29, 1.82) is 0 Å². The van der Waals surface area contributed by atoms with Gasteiger partial charge in [0.2, 0.25) is 23.7 Å². The standard InChI is InChI=1S/C30H34F4N4O2/c1-4-9-23(18-21(3)31)38(26(39)19-36-25-12-8-17-35-28(25)32)27(24-11-7-5-6-10-20(24)2)29(40)37-22-13-15-30(33,34)16-14-22/h4,6-12,17-18,22,27,36H,3,5,13-16,19H2,1-2H3,(H,37,40). The first-order valence-corrected chi connectivity index (χ1v) is 13.1. The summed E-state index contributed by atoms with van der Waals surface area (Å²) >= 11 is 0. The Morgan fingerprint density at radius 2 is 1.95 bits per heavy atom. The molecule has 2 N–H and O–H groups in total. The first-order chi connectivity index (χ1) is 19.0. The molecule has 2 aliphatic rings. The van der Waals surface area contributed by atoms with Crippen molar-refractivity contribution in [2.45, 2.75) is 64.0 Å². The van der Waals surface area contributed by atoms with Crippen LogP contribution in [0.5, 0.6) is 0 Å². The molecule has 2 aliphatic carbocycles. The van der Waals surface area contributed by atoms with Gasteiger partial charge in [-0.2, -0.15) is 4.39 Å². The van der Waals surface area contributed by atoms with Crippen LogP contribution in [-0.4, -0.2) is 46.2 Å². The molecule has 1 aromatic rings. The minimum atomic E-state index is -2.78. The van der Waals surface area contributed by atoms with Gasteiger partial charge in [-0.25, -0.2) is 18.2 Å². The average Bonchev–Trinajstić information content (AvgIpc) is 3.11. The Morgan fingerprint density at radius 3 is 2.60 bits per heavy atom. The van der Waals surface area contributed by atoms with Crippen molar-refractivity contribution in [3.05, 3.63) is 96.1 Å². The van der Waals surface area contributed by atoms with Crippen LogP contribution in [0.3, 0.4) is 0 Å². The van der Waals surface area contributed by atoms with Crippen molar-refractivity contribution in [1.82, 2.24) is 15.2 Å². The molecule has 1 unspecified atom stereocenters. The molecule has 0 bridgehead atoms. The second-order valence-electron chi connectivity index (χ2n) is 9.70. The fourth-order valence-electron chi connectivity index (χ4n) is 4.66. The first kappa shape index (κ1) is 30.6. The molecular formula is C30H34F4N4O2. The lowest BCUT2D eigenvalue weighted by atomic mass is 9.91. The fourth-order valence-corrected chi connectivity index (χ4v) is 4.66. The van der Waals surface area contributed by atoms with E-state index >= 15 is 0 Å². The van der Waals surface area contributed by atoms with Crippen LogP contribution in [0, 0.1) is 5.95 Å². The maximum atomic E-state index is 14.2. The highest BCUT2D eigenvalue weighted by Crippen LogP contribution is 2.33. The molecule has 6 nitrogen and oxygen atoms in total. The van der Waals surface area contributed by atoms with Crippen molar-refractivity contribution >= 4 is 17.5 Å².